The first-order valence-electron chi connectivity index (χ1n) is 4.19. The number of imidazole rings is 1. The largest absolute Gasteiger partial charge is 0.348 e. The molecule has 1 aromatic rings. The number of aromatic amines is 1. The van der Waals surface area contributed by atoms with E-state index in [4.69, 9.17) is 0 Å². The number of nitrogens with one attached hydrogen (secondary N) is 1. The van der Waals surface area contributed by atoms with E-state index in [1.807, 2.05) is 6.20 Å². The van der Waals surface area contributed by atoms with Gasteiger partial charge in [0.25, 0.3) is 0 Å². The van der Waals surface area contributed by atoms with E-state index in [-0.39, 0.29) is 0 Å². The SMILES string of the molecule is CC1=CC=CC(c2ncc[nH]2)C1. The maximum atomic E-state index is 4.24. The third kappa shape index (κ3) is 1.33. The Morgan fingerprint density at radius 1 is 1.58 bits per heavy atom. The molecule has 2 rings (SSSR count). The molecule has 1 heterocycles. The van der Waals surface area contributed by atoms with E-state index in [1.54, 1.807) is 6.20 Å². The zero-order valence-electron chi connectivity index (χ0n) is 7.12. The molecular formula is C10H12N2. The van der Waals surface area contributed by atoms with E-state index < -0.39 is 0 Å². The molecule has 1 aliphatic carbocycles. The van der Waals surface area contributed by atoms with Crippen LogP contribution in [0.3, 0.4) is 0 Å². The van der Waals surface area contributed by atoms with Crippen molar-refractivity contribution in [2.75, 3.05) is 0 Å². The van der Waals surface area contributed by atoms with Crippen molar-refractivity contribution < 1.29 is 0 Å². The van der Waals surface area contributed by atoms with Crippen molar-refractivity contribution in [3.8, 4) is 0 Å². The Kier molecular flexibility index (Phi) is 1.82. The summed E-state index contributed by atoms with van der Waals surface area (Å²) in [5, 5.41) is 0. The van der Waals surface area contributed by atoms with Gasteiger partial charge in [-0.2, -0.15) is 0 Å². The molecule has 0 radical (unpaired) electrons. The Bertz CT molecular complexity index is 307. The van der Waals surface area contributed by atoms with Gasteiger partial charge in [0.15, 0.2) is 0 Å². The quantitative estimate of drug-likeness (QED) is 0.671. The lowest BCUT2D eigenvalue weighted by Crippen LogP contribution is -2.01. The molecule has 1 aromatic heterocycles. The lowest BCUT2D eigenvalue weighted by Gasteiger charge is -2.13. The zero-order valence-corrected chi connectivity index (χ0v) is 7.12. The van der Waals surface area contributed by atoms with Crippen LogP contribution in [-0.4, -0.2) is 9.97 Å². The van der Waals surface area contributed by atoms with Crippen LogP contribution in [0.2, 0.25) is 0 Å². The highest BCUT2D eigenvalue weighted by Gasteiger charge is 2.12. The second-order valence-electron chi connectivity index (χ2n) is 3.18. The average Bonchev–Trinajstić information content (AvgIpc) is 2.56. The van der Waals surface area contributed by atoms with Crippen LogP contribution in [0.5, 0.6) is 0 Å². The van der Waals surface area contributed by atoms with Crippen molar-refractivity contribution in [2.24, 2.45) is 0 Å². The molecule has 0 saturated carbocycles. The van der Waals surface area contributed by atoms with Crippen LogP contribution >= 0.6 is 0 Å². The van der Waals surface area contributed by atoms with Crippen molar-refractivity contribution in [3.63, 3.8) is 0 Å². The van der Waals surface area contributed by atoms with Gasteiger partial charge in [-0.05, 0) is 13.3 Å². The minimum absolute atomic E-state index is 0.449. The summed E-state index contributed by atoms with van der Waals surface area (Å²) in [4.78, 5) is 7.38. The molecule has 2 heteroatoms. The highest BCUT2D eigenvalue weighted by Crippen LogP contribution is 2.25. The van der Waals surface area contributed by atoms with Crippen molar-refractivity contribution in [2.45, 2.75) is 19.3 Å². The fourth-order valence-corrected chi connectivity index (χ4v) is 1.50. The van der Waals surface area contributed by atoms with Crippen LogP contribution in [0.15, 0.2) is 36.2 Å². The molecule has 0 fully saturated rings. The van der Waals surface area contributed by atoms with Gasteiger partial charge in [0.05, 0.1) is 0 Å². The van der Waals surface area contributed by atoms with Crippen molar-refractivity contribution >= 4 is 0 Å². The highest BCUT2D eigenvalue weighted by atomic mass is 14.9. The Balaban J connectivity index is 2.19. The molecule has 1 unspecified atom stereocenters. The molecule has 0 aromatic carbocycles. The first-order chi connectivity index (χ1) is 5.86. The fraction of sp³-hybridized carbons (Fsp3) is 0.300. The fourth-order valence-electron chi connectivity index (χ4n) is 1.50. The summed E-state index contributed by atoms with van der Waals surface area (Å²) in [6.45, 7) is 2.15. The lowest BCUT2D eigenvalue weighted by atomic mass is 9.95. The number of aromatic nitrogens is 2. The number of allylic oxidation sites excluding steroid dienone is 4. The van der Waals surface area contributed by atoms with E-state index >= 15 is 0 Å². The summed E-state index contributed by atoms with van der Waals surface area (Å²) in [5.41, 5.74) is 1.42. The van der Waals surface area contributed by atoms with E-state index in [2.05, 4.69) is 35.1 Å². The minimum atomic E-state index is 0.449. The topological polar surface area (TPSA) is 28.7 Å². The molecule has 2 nitrogen and oxygen atoms in total. The number of H-pyrrole nitrogens is 1. The highest BCUT2D eigenvalue weighted by molar-refractivity contribution is 5.24. The number of nitrogens with zero attached hydrogens (tertiary/aromatic N) is 1. The zero-order chi connectivity index (χ0) is 8.39. The predicted octanol–water partition coefficient (Wildman–Crippen LogP) is 2.40. The third-order valence-corrected chi connectivity index (χ3v) is 2.14. The maximum absolute atomic E-state index is 4.24. The van der Waals surface area contributed by atoms with Crippen LogP contribution in [0, 0.1) is 0 Å². The van der Waals surface area contributed by atoms with Gasteiger partial charge in [-0.3, -0.25) is 0 Å². The van der Waals surface area contributed by atoms with E-state index in [0.29, 0.717) is 5.92 Å². The third-order valence-electron chi connectivity index (χ3n) is 2.14. The molecule has 0 spiro atoms. The first-order valence-corrected chi connectivity index (χ1v) is 4.19. The molecule has 1 N–H and O–H groups in total. The molecule has 0 aliphatic heterocycles. The van der Waals surface area contributed by atoms with E-state index in [0.717, 1.165) is 12.2 Å². The van der Waals surface area contributed by atoms with Gasteiger partial charge in [-0.25, -0.2) is 4.98 Å². The van der Waals surface area contributed by atoms with Gasteiger partial charge in [0.1, 0.15) is 5.82 Å². The first kappa shape index (κ1) is 7.35. The molecule has 1 atom stereocenters. The molecule has 62 valence electrons. The Hall–Kier alpha value is -1.31. The van der Waals surface area contributed by atoms with Gasteiger partial charge >= 0.3 is 0 Å². The predicted molar refractivity (Wildman–Crippen MR) is 48.8 cm³/mol. The summed E-state index contributed by atoms with van der Waals surface area (Å²) in [6, 6.07) is 0. The van der Waals surface area contributed by atoms with Crippen LogP contribution in [-0.2, 0) is 0 Å². The molecule has 0 bridgehead atoms. The average molecular weight is 160 g/mol. The van der Waals surface area contributed by atoms with Crippen LogP contribution in [0.25, 0.3) is 0 Å². The Morgan fingerprint density at radius 2 is 2.50 bits per heavy atom. The molecular weight excluding hydrogens is 148 g/mol. The summed E-state index contributed by atoms with van der Waals surface area (Å²) in [7, 11) is 0. The monoisotopic (exact) mass is 160 g/mol. The molecule has 1 aliphatic rings. The van der Waals surface area contributed by atoms with Crippen LogP contribution in [0.4, 0.5) is 0 Å². The number of hydrogen-bond donors (Lipinski definition) is 1. The smallest absolute Gasteiger partial charge is 0.113 e. The second kappa shape index (κ2) is 2.97. The summed E-state index contributed by atoms with van der Waals surface area (Å²) < 4.78 is 0. The molecule has 0 amide bonds. The Labute approximate surface area is 72.0 Å². The number of hydrogen-bond acceptors (Lipinski definition) is 1. The summed E-state index contributed by atoms with van der Waals surface area (Å²) in [6.07, 6.45) is 11.2. The molecule has 12 heavy (non-hydrogen) atoms. The second-order valence-corrected chi connectivity index (χ2v) is 3.18. The van der Waals surface area contributed by atoms with Crippen LogP contribution in [0.1, 0.15) is 25.1 Å². The van der Waals surface area contributed by atoms with Gasteiger partial charge in [-0.1, -0.05) is 23.8 Å². The molecule has 0 saturated heterocycles. The van der Waals surface area contributed by atoms with Crippen molar-refractivity contribution in [1.29, 1.82) is 0 Å². The van der Waals surface area contributed by atoms with Crippen molar-refractivity contribution in [3.05, 3.63) is 42.0 Å². The van der Waals surface area contributed by atoms with Gasteiger partial charge < -0.3 is 4.98 Å². The maximum Gasteiger partial charge on any atom is 0.113 e. The van der Waals surface area contributed by atoms with Crippen molar-refractivity contribution in [1.82, 2.24) is 9.97 Å². The summed E-state index contributed by atoms with van der Waals surface area (Å²) in [5.74, 6) is 1.52. The van der Waals surface area contributed by atoms with E-state index in [9.17, 15) is 0 Å². The minimum Gasteiger partial charge on any atom is -0.348 e. The van der Waals surface area contributed by atoms with Crippen LogP contribution < -0.4 is 0 Å². The van der Waals surface area contributed by atoms with Gasteiger partial charge in [-0.15, -0.1) is 0 Å². The standard InChI is InChI=1S/C10H12N2/c1-8-3-2-4-9(7-8)10-11-5-6-12-10/h2-6,9H,7H2,1H3,(H,11,12). The number of rotatable bonds is 1. The normalized spacial score (nSPS) is 22.4. The van der Waals surface area contributed by atoms with Gasteiger partial charge in [0.2, 0.25) is 0 Å². The van der Waals surface area contributed by atoms with Gasteiger partial charge in [0, 0.05) is 18.3 Å². The summed E-state index contributed by atoms with van der Waals surface area (Å²) >= 11 is 0. The lowest BCUT2D eigenvalue weighted by molar-refractivity contribution is 0.761. The van der Waals surface area contributed by atoms with E-state index in [1.165, 1.54) is 5.57 Å². The Morgan fingerprint density at radius 3 is 3.17 bits per heavy atom.